The van der Waals surface area contributed by atoms with Crippen LogP contribution in [-0.2, 0) is 0 Å². The topological polar surface area (TPSA) is 92.5 Å². The summed E-state index contributed by atoms with van der Waals surface area (Å²) >= 11 is 0. The maximum absolute atomic E-state index is 5.57. The van der Waals surface area contributed by atoms with E-state index in [-0.39, 0.29) is 0 Å². The molecular weight excluding hydrogens is 156 g/mol. The van der Waals surface area contributed by atoms with Crippen molar-refractivity contribution in [2.75, 3.05) is 18.1 Å². The number of nitrogen functional groups attached to an aromatic ring is 1. The molecule has 0 saturated heterocycles. The van der Waals surface area contributed by atoms with Gasteiger partial charge in [0.1, 0.15) is 11.8 Å². The second-order valence-electron chi connectivity index (χ2n) is 2.29. The number of hydrogen-bond acceptors (Lipinski definition) is 5. The summed E-state index contributed by atoms with van der Waals surface area (Å²) in [6, 6.07) is 0. The maximum Gasteiger partial charge on any atom is 0.202 e. The SMILES string of the molecule is CNc1nc2ncnc(N)c2[nH]1. The van der Waals surface area contributed by atoms with Crippen molar-refractivity contribution < 1.29 is 0 Å². The molecule has 0 radical (unpaired) electrons. The third-order valence-corrected chi connectivity index (χ3v) is 1.55. The highest BCUT2D eigenvalue weighted by molar-refractivity contribution is 5.82. The predicted molar refractivity (Wildman–Crippen MR) is 45.6 cm³/mol. The Morgan fingerprint density at radius 2 is 2.33 bits per heavy atom. The van der Waals surface area contributed by atoms with E-state index in [0.29, 0.717) is 22.9 Å². The number of fused-ring (bicyclic) bond motifs is 1. The molecule has 0 spiro atoms. The number of nitrogens with one attached hydrogen (secondary N) is 2. The van der Waals surface area contributed by atoms with E-state index in [1.807, 2.05) is 0 Å². The van der Waals surface area contributed by atoms with Crippen LogP contribution in [0.25, 0.3) is 11.2 Å². The molecule has 0 amide bonds. The van der Waals surface area contributed by atoms with E-state index in [4.69, 9.17) is 5.73 Å². The quantitative estimate of drug-likeness (QED) is 0.550. The summed E-state index contributed by atoms with van der Waals surface area (Å²) in [4.78, 5) is 14.8. The number of anilines is 2. The zero-order valence-corrected chi connectivity index (χ0v) is 6.50. The smallest absolute Gasteiger partial charge is 0.202 e. The summed E-state index contributed by atoms with van der Waals surface area (Å²) in [7, 11) is 1.77. The lowest BCUT2D eigenvalue weighted by molar-refractivity contribution is 1.20. The summed E-state index contributed by atoms with van der Waals surface area (Å²) < 4.78 is 0. The molecule has 2 aromatic rings. The Labute approximate surface area is 68.2 Å². The van der Waals surface area contributed by atoms with E-state index in [2.05, 4.69) is 25.3 Å². The monoisotopic (exact) mass is 164 g/mol. The van der Waals surface area contributed by atoms with Crippen LogP contribution < -0.4 is 11.1 Å². The van der Waals surface area contributed by atoms with Gasteiger partial charge in [-0.3, -0.25) is 0 Å². The van der Waals surface area contributed by atoms with E-state index >= 15 is 0 Å². The molecule has 0 aliphatic heterocycles. The summed E-state index contributed by atoms with van der Waals surface area (Å²) in [6.45, 7) is 0. The number of imidazole rings is 1. The van der Waals surface area contributed by atoms with Crippen molar-refractivity contribution >= 4 is 22.9 Å². The molecule has 0 bridgehead atoms. The van der Waals surface area contributed by atoms with Gasteiger partial charge < -0.3 is 16.0 Å². The number of aromatic amines is 1. The fourth-order valence-electron chi connectivity index (χ4n) is 0.965. The number of nitrogens with two attached hydrogens (primary N) is 1. The minimum Gasteiger partial charge on any atom is -0.382 e. The largest absolute Gasteiger partial charge is 0.382 e. The minimum absolute atomic E-state index is 0.411. The Balaban J connectivity index is 2.74. The highest BCUT2D eigenvalue weighted by Gasteiger charge is 2.04. The molecule has 4 N–H and O–H groups in total. The van der Waals surface area contributed by atoms with Crippen molar-refractivity contribution in [3.63, 3.8) is 0 Å². The van der Waals surface area contributed by atoms with Gasteiger partial charge in [0, 0.05) is 7.05 Å². The van der Waals surface area contributed by atoms with Crippen LogP contribution in [0.2, 0.25) is 0 Å². The molecule has 0 unspecified atom stereocenters. The van der Waals surface area contributed by atoms with Crippen molar-refractivity contribution in [1.29, 1.82) is 0 Å². The van der Waals surface area contributed by atoms with E-state index in [0.717, 1.165) is 0 Å². The van der Waals surface area contributed by atoms with E-state index in [9.17, 15) is 0 Å². The first-order valence-corrected chi connectivity index (χ1v) is 3.45. The van der Waals surface area contributed by atoms with Crippen molar-refractivity contribution in [3.8, 4) is 0 Å². The number of nitrogens with zero attached hydrogens (tertiary/aromatic N) is 3. The molecule has 12 heavy (non-hydrogen) atoms. The molecule has 2 heterocycles. The maximum atomic E-state index is 5.57. The number of aromatic nitrogens is 4. The minimum atomic E-state index is 0.411. The average molecular weight is 164 g/mol. The van der Waals surface area contributed by atoms with Crippen molar-refractivity contribution in [2.45, 2.75) is 0 Å². The van der Waals surface area contributed by atoms with E-state index in [1.165, 1.54) is 6.33 Å². The van der Waals surface area contributed by atoms with Crippen LogP contribution >= 0.6 is 0 Å². The van der Waals surface area contributed by atoms with Gasteiger partial charge in [-0.1, -0.05) is 0 Å². The second kappa shape index (κ2) is 2.33. The fourth-order valence-corrected chi connectivity index (χ4v) is 0.965. The van der Waals surface area contributed by atoms with Gasteiger partial charge >= 0.3 is 0 Å². The Kier molecular flexibility index (Phi) is 1.33. The fraction of sp³-hybridized carbons (Fsp3) is 0.167. The van der Waals surface area contributed by atoms with Gasteiger partial charge in [-0.25, -0.2) is 9.97 Å². The van der Waals surface area contributed by atoms with Gasteiger partial charge in [-0.2, -0.15) is 4.98 Å². The number of rotatable bonds is 1. The zero-order valence-electron chi connectivity index (χ0n) is 6.50. The third-order valence-electron chi connectivity index (χ3n) is 1.55. The molecule has 0 saturated carbocycles. The normalized spacial score (nSPS) is 10.4. The summed E-state index contributed by atoms with van der Waals surface area (Å²) in [5, 5.41) is 2.85. The lowest BCUT2D eigenvalue weighted by Crippen LogP contribution is -1.92. The predicted octanol–water partition coefficient (Wildman–Crippen LogP) is -0.0232. The molecule has 0 fully saturated rings. The molecule has 2 aromatic heterocycles. The molecule has 0 aliphatic carbocycles. The van der Waals surface area contributed by atoms with Gasteiger partial charge in [0.2, 0.25) is 5.95 Å². The van der Waals surface area contributed by atoms with Crippen LogP contribution in [0.4, 0.5) is 11.8 Å². The number of hydrogen-bond donors (Lipinski definition) is 3. The first kappa shape index (κ1) is 6.84. The zero-order chi connectivity index (χ0) is 8.55. The lowest BCUT2D eigenvalue weighted by atomic mass is 10.5. The standard InChI is InChI=1S/C6H8N6/c1-8-6-11-3-4(7)9-2-10-5(3)12-6/h2H,1H3,(H4,7,8,9,10,11,12). The molecule has 2 rings (SSSR count). The van der Waals surface area contributed by atoms with Crippen molar-refractivity contribution in [1.82, 2.24) is 19.9 Å². The summed E-state index contributed by atoms with van der Waals surface area (Å²) in [5.41, 5.74) is 6.82. The van der Waals surface area contributed by atoms with Crippen LogP contribution in [0, 0.1) is 0 Å². The average Bonchev–Trinajstić information content (AvgIpc) is 2.49. The summed E-state index contributed by atoms with van der Waals surface area (Å²) in [6.07, 6.45) is 1.39. The van der Waals surface area contributed by atoms with Crippen LogP contribution in [0.3, 0.4) is 0 Å². The first-order valence-electron chi connectivity index (χ1n) is 3.45. The lowest BCUT2D eigenvalue weighted by Gasteiger charge is -1.90. The Bertz CT molecular complexity index is 405. The third kappa shape index (κ3) is 0.849. The van der Waals surface area contributed by atoms with Crippen LogP contribution in [0.15, 0.2) is 6.33 Å². The van der Waals surface area contributed by atoms with E-state index < -0.39 is 0 Å². The molecule has 0 atom stereocenters. The molecule has 0 aliphatic rings. The Morgan fingerprint density at radius 1 is 1.50 bits per heavy atom. The second-order valence-corrected chi connectivity index (χ2v) is 2.29. The van der Waals surface area contributed by atoms with Crippen LogP contribution in [-0.4, -0.2) is 27.0 Å². The van der Waals surface area contributed by atoms with Gasteiger partial charge in [-0.05, 0) is 0 Å². The van der Waals surface area contributed by atoms with E-state index in [1.54, 1.807) is 7.05 Å². The Hall–Kier alpha value is -1.85. The van der Waals surface area contributed by atoms with Gasteiger partial charge in [0.05, 0.1) is 0 Å². The van der Waals surface area contributed by atoms with Crippen molar-refractivity contribution in [2.24, 2.45) is 0 Å². The molecular formula is C6H8N6. The molecule has 6 heteroatoms. The first-order chi connectivity index (χ1) is 5.81. The van der Waals surface area contributed by atoms with Crippen LogP contribution in [0.5, 0.6) is 0 Å². The highest BCUT2D eigenvalue weighted by atomic mass is 15.1. The highest BCUT2D eigenvalue weighted by Crippen LogP contribution is 2.14. The van der Waals surface area contributed by atoms with Crippen molar-refractivity contribution in [3.05, 3.63) is 6.33 Å². The van der Waals surface area contributed by atoms with Gasteiger partial charge in [0.25, 0.3) is 0 Å². The Morgan fingerprint density at radius 3 is 3.00 bits per heavy atom. The molecule has 62 valence electrons. The molecule has 0 aromatic carbocycles. The number of H-pyrrole nitrogens is 1. The molecule has 6 nitrogen and oxygen atoms in total. The summed E-state index contributed by atoms with van der Waals surface area (Å²) in [5.74, 6) is 1.05. The van der Waals surface area contributed by atoms with Gasteiger partial charge in [-0.15, -0.1) is 0 Å². The van der Waals surface area contributed by atoms with Gasteiger partial charge in [0.15, 0.2) is 11.5 Å². The van der Waals surface area contributed by atoms with Crippen LogP contribution in [0.1, 0.15) is 0 Å².